The number of methoxy groups -OCH3 is 1. The number of quaternary nitrogens is 1. The minimum atomic E-state index is -0.246. The fraction of sp³-hybridized carbons (Fsp3) is 0.632. The van der Waals surface area contributed by atoms with Crippen molar-refractivity contribution >= 4 is 5.78 Å². The maximum absolute atomic E-state index is 12.6. The van der Waals surface area contributed by atoms with E-state index in [1.807, 2.05) is 6.07 Å². The van der Waals surface area contributed by atoms with Crippen molar-refractivity contribution in [1.29, 1.82) is 0 Å². The summed E-state index contributed by atoms with van der Waals surface area (Å²) >= 11 is 0. The Bertz CT molecular complexity index is 656. The van der Waals surface area contributed by atoms with E-state index in [1.54, 1.807) is 14.2 Å². The number of ketones is 1. The number of carbonyl (C=O) groups excluding carboxylic acids is 1. The monoisotopic (exact) mass is 316 g/mol. The van der Waals surface area contributed by atoms with Crippen LogP contribution >= 0.6 is 0 Å². The molecule has 0 radical (unpaired) electrons. The topological polar surface area (TPSA) is 63.2 Å². The highest BCUT2D eigenvalue weighted by Crippen LogP contribution is 2.65. The van der Waals surface area contributed by atoms with Crippen molar-refractivity contribution in [3.63, 3.8) is 0 Å². The van der Waals surface area contributed by atoms with Crippen LogP contribution < -0.4 is 15.2 Å². The molecule has 1 aliphatic heterocycles. The van der Waals surface area contributed by atoms with Gasteiger partial charge in [-0.05, 0) is 49.1 Å². The van der Waals surface area contributed by atoms with Gasteiger partial charge in [0.25, 0.3) is 0 Å². The molecule has 23 heavy (non-hydrogen) atoms. The molecule has 4 aliphatic rings. The highest BCUT2D eigenvalue weighted by Gasteiger charge is 2.64. The second-order valence-corrected chi connectivity index (χ2v) is 7.14. The van der Waals surface area contributed by atoms with Gasteiger partial charge in [0.05, 0.1) is 14.2 Å². The van der Waals surface area contributed by atoms with Crippen molar-refractivity contribution in [3.8, 4) is 11.5 Å². The number of ether oxygens (including phenoxy) is 2. The molecular formula is C19H26NO3+. The molecule has 2 bridgehead atoms. The fourth-order valence-electron chi connectivity index (χ4n) is 5.82. The van der Waals surface area contributed by atoms with Gasteiger partial charge in [0.15, 0.2) is 23.4 Å². The molecule has 0 saturated heterocycles. The molecule has 3 N–H and O–H groups in total. The molecule has 5 rings (SSSR count). The quantitative estimate of drug-likeness (QED) is 0.860. The van der Waals surface area contributed by atoms with Crippen molar-refractivity contribution in [2.75, 3.05) is 14.2 Å². The molecule has 4 heteroatoms. The van der Waals surface area contributed by atoms with Gasteiger partial charge in [-0.25, -0.2) is 0 Å². The van der Waals surface area contributed by atoms with E-state index in [2.05, 4.69) is 11.8 Å². The molecule has 2 saturated carbocycles. The zero-order valence-corrected chi connectivity index (χ0v) is 14.1. The Labute approximate surface area is 137 Å². The van der Waals surface area contributed by atoms with Crippen molar-refractivity contribution in [1.82, 2.24) is 0 Å². The zero-order chi connectivity index (χ0) is 16.2. The second-order valence-electron chi connectivity index (χ2n) is 7.14. The third-order valence-electron chi connectivity index (χ3n) is 6.47. The summed E-state index contributed by atoms with van der Waals surface area (Å²) < 4.78 is 11.7. The molecule has 1 heterocycles. The minimum absolute atomic E-state index is 0.0320. The number of Topliss-reactive ketones (excluding diaryl/α,β-unsaturated/α-hetero) is 1. The van der Waals surface area contributed by atoms with Crippen LogP contribution in [0.4, 0.5) is 0 Å². The van der Waals surface area contributed by atoms with Gasteiger partial charge in [0.2, 0.25) is 0 Å². The first-order chi connectivity index (χ1) is 11.3. The van der Waals surface area contributed by atoms with Gasteiger partial charge in [0, 0.05) is 17.4 Å². The van der Waals surface area contributed by atoms with Crippen molar-refractivity contribution in [2.45, 2.75) is 50.0 Å². The molecule has 1 aromatic carbocycles. The summed E-state index contributed by atoms with van der Waals surface area (Å²) in [6.45, 7) is 0. The van der Waals surface area contributed by atoms with Crippen LogP contribution in [-0.2, 0) is 16.6 Å². The van der Waals surface area contributed by atoms with Crippen LogP contribution in [0, 0.1) is 11.8 Å². The lowest BCUT2D eigenvalue weighted by Gasteiger charge is -2.54. The molecule has 1 spiro atoms. The van der Waals surface area contributed by atoms with Crippen LogP contribution in [0.2, 0.25) is 0 Å². The van der Waals surface area contributed by atoms with Gasteiger partial charge in [-0.2, -0.15) is 0 Å². The Morgan fingerprint density at radius 3 is 2.91 bits per heavy atom. The molecule has 3 aliphatic carbocycles. The third-order valence-corrected chi connectivity index (χ3v) is 6.47. The Kier molecular flexibility index (Phi) is 3.41. The number of carbonyl (C=O) groups is 1. The summed E-state index contributed by atoms with van der Waals surface area (Å²) in [5.41, 5.74) is 5.96. The molecule has 4 nitrogen and oxygen atoms in total. The van der Waals surface area contributed by atoms with E-state index in [0.717, 1.165) is 36.7 Å². The summed E-state index contributed by atoms with van der Waals surface area (Å²) in [7, 11) is 3.44. The van der Waals surface area contributed by atoms with Crippen molar-refractivity contribution in [2.24, 2.45) is 11.8 Å². The number of hydrogen-bond donors (Lipinski definition) is 1. The molecule has 4 atom stereocenters. The lowest BCUT2D eigenvalue weighted by atomic mass is 9.48. The van der Waals surface area contributed by atoms with E-state index in [4.69, 9.17) is 9.47 Å². The van der Waals surface area contributed by atoms with E-state index in [0.29, 0.717) is 18.1 Å². The number of rotatable bonds is 1. The van der Waals surface area contributed by atoms with Crippen molar-refractivity contribution in [3.05, 3.63) is 23.3 Å². The van der Waals surface area contributed by atoms with Crippen LogP contribution in [0.25, 0.3) is 0 Å². The van der Waals surface area contributed by atoms with E-state index < -0.39 is 0 Å². The predicted molar refractivity (Wildman–Crippen MR) is 86.7 cm³/mol. The van der Waals surface area contributed by atoms with Gasteiger partial charge in [-0.1, -0.05) is 12.5 Å². The highest BCUT2D eigenvalue weighted by atomic mass is 16.5. The average molecular weight is 316 g/mol. The maximum atomic E-state index is 12.6. The summed E-state index contributed by atoms with van der Waals surface area (Å²) in [5.74, 6) is 3.35. The molecule has 0 amide bonds. The van der Waals surface area contributed by atoms with Gasteiger partial charge in [0.1, 0.15) is 0 Å². The Morgan fingerprint density at radius 2 is 2.13 bits per heavy atom. The van der Waals surface area contributed by atoms with E-state index >= 15 is 0 Å². The molecule has 124 valence electrons. The van der Waals surface area contributed by atoms with Crippen molar-refractivity contribution < 1.29 is 20.0 Å². The Morgan fingerprint density at radius 1 is 1.30 bits per heavy atom. The first kappa shape index (κ1) is 15.0. The normalized spacial score (nSPS) is 35.6. The second kappa shape index (κ2) is 5.23. The van der Waals surface area contributed by atoms with E-state index in [-0.39, 0.29) is 11.5 Å². The van der Waals surface area contributed by atoms with E-state index in [9.17, 15) is 4.79 Å². The molecule has 2 fully saturated rings. The zero-order valence-electron chi connectivity index (χ0n) is 14.1. The number of benzene rings is 1. The van der Waals surface area contributed by atoms with Gasteiger partial charge in [-0.15, -0.1) is 0 Å². The van der Waals surface area contributed by atoms with E-state index in [1.165, 1.54) is 24.0 Å². The molecular weight excluding hydrogens is 290 g/mol. The lowest BCUT2D eigenvalue weighted by molar-refractivity contribution is -0.325. The first-order valence-electron chi connectivity index (χ1n) is 8.86. The molecule has 0 aromatic heterocycles. The van der Waals surface area contributed by atoms with Crippen LogP contribution in [0.15, 0.2) is 12.1 Å². The maximum Gasteiger partial charge on any atom is 0.174 e. The van der Waals surface area contributed by atoms with Crippen LogP contribution in [-0.4, -0.2) is 26.0 Å². The summed E-state index contributed by atoms with van der Waals surface area (Å²) in [6.07, 6.45) is 6.31. The van der Waals surface area contributed by atoms with Gasteiger partial charge < -0.3 is 15.2 Å². The average Bonchev–Trinajstić information content (AvgIpc) is 2.92. The fourth-order valence-corrected chi connectivity index (χ4v) is 5.82. The van der Waals surface area contributed by atoms with Gasteiger partial charge in [-0.3, -0.25) is 4.79 Å². The van der Waals surface area contributed by atoms with Crippen LogP contribution in [0.3, 0.4) is 0 Å². The summed E-state index contributed by atoms with van der Waals surface area (Å²) in [4.78, 5) is 12.6. The van der Waals surface area contributed by atoms with Crippen LogP contribution in [0.5, 0.6) is 11.5 Å². The Hall–Kier alpha value is -1.55. The standard InChI is InChI=1S/C18H20O3.CH5N/c1-20-14-7-4-11-9-10-3-2-8-18-12(10)5-6-13(19)17(18)21-16(14)15(11)18;1-2/h4,7,10,12,17H,2-3,5-6,8-9H2,1H3;2H2,1H3/p+1. The Balaban J connectivity index is 0.000000652. The summed E-state index contributed by atoms with van der Waals surface area (Å²) in [5, 5.41) is 0. The minimum Gasteiger partial charge on any atom is -0.493 e. The highest BCUT2D eigenvalue weighted by molar-refractivity contribution is 5.89. The van der Waals surface area contributed by atoms with Crippen LogP contribution in [0.1, 0.15) is 43.2 Å². The smallest absolute Gasteiger partial charge is 0.174 e. The number of hydrogen-bond acceptors (Lipinski definition) is 3. The largest absolute Gasteiger partial charge is 0.493 e. The first-order valence-corrected chi connectivity index (χ1v) is 8.86. The molecule has 4 unspecified atom stereocenters. The predicted octanol–water partition coefficient (Wildman–Crippen LogP) is 1.89. The lowest BCUT2D eigenvalue weighted by Crippen LogP contribution is -2.58. The summed E-state index contributed by atoms with van der Waals surface area (Å²) in [6, 6.07) is 4.22. The third kappa shape index (κ3) is 1.73. The molecule has 1 aromatic rings. The SMILES string of the molecule is COc1ccc2c3c1OC1C(=O)CCC4C(CCCC314)C2.C[NH3+]. The van der Waals surface area contributed by atoms with Gasteiger partial charge >= 0.3 is 0 Å².